The van der Waals surface area contributed by atoms with Gasteiger partial charge in [0.2, 0.25) is 0 Å². The normalized spacial score (nSPS) is 10.8. The second-order valence-corrected chi connectivity index (χ2v) is 6.65. The highest BCUT2D eigenvalue weighted by molar-refractivity contribution is 7.80. The van der Waals surface area contributed by atoms with Gasteiger partial charge in [0.05, 0.1) is 6.61 Å². The Hall–Kier alpha value is -0.900. The highest BCUT2D eigenvalue weighted by Gasteiger charge is 2.02. The molecule has 0 spiro atoms. The minimum Gasteiger partial charge on any atom is -0.466 e. The van der Waals surface area contributed by atoms with E-state index >= 15 is 0 Å². The summed E-state index contributed by atoms with van der Waals surface area (Å²) in [5.41, 5.74) is 1.32. The van der Waals surface area contributed by atoms with Crippen molar-refractivity contribution in [3.63, 3.8) is 0 Å². The maximum Gasteiger partial charge on any atom is 0.305 e. The summed E-state index contributed by atoms with van der Waals surface area (Å²) in [4.78, 5) is 14.7. The van der Waals surface area contributed by atoms with Crippen LogP contribution < -0.4 is 0 Å². The molecule has 3 nitrogen and oxygen atoms in total. The van der Waals surface area contributed by atoms with Crippen molar-refractivity contribution in [2.75, 3.05) is 12.4 Å². The molecule has 1 aromatic rings. The molecule has 23 heavy (non-hydrogen) atoms. The maximum atomic E-state index is 11.6. The first-order valence-corrected chi connectivity index (χ1v) is 9.84. The molecule has 132 valence electrons. The average Bonchev–Trinajstić information content (AvgIpc) is 3.06. The molecule has 4 heteroatoms. The highest BCUT2D eigenvalue weighted by atomic mass is 32.1. The van der Waals surface area contributed by atoms with E-state index in [0.29, 0.717) is 13.0 Å². The number of aromatic nitrogens is 1. The number of esters is 1. The van der Waals surface area contributed by atoms with Crippen LogP contribution >= 0.6 is 12.6 Å². The third-order valence-corrected chi connectivity index (χ3v) is 4.39. The van der Waals surface area contributed by atoms with E-state index in [1.807, 2.05) is 12.4 Å². The van der Waals surface area contributed by atoms with E-state index in [2.05, 4.69) is 23.7 Å². The van der Waals surface area contributed by atoms with Crippen molar-refractivity contribution in [1.29, 1.82) is 0 Å². The summed E-state index contributed by atoms with van der Waals surface area (Å²) < 4.78 is 5.28. The van der Waals surface area contributed by atoms with E-state index < -0.39 is 0 Å². The number of carbonyl (C=O) groups is 1. The number of hydrogen-bond acceptors (Lipinski definition) is 3. The number of carbonyl (C=O) groups excluding carboxylic acids is 1. The fraction of sp³-hybridized carbons (Fsp3) is 0.737. The van der Waals surface area contributed by atoms with E-state index in [9.17, 15) is 4.79 Å². The van der Waals surface area contributed by atoms with Crippen molar-refractivity contribution in [2.24, 2.45) is 0 Å². The summed E-state index contributed by atoms with van der Waals surface area (Å²) in [6.07, 6.45) is 17.4. The van der Waals surface area contributed by atoms with Gasteiger partial charge in [-0.1, -0.05) is 38.5 Å². The van der Waals surface area contributed by atoms with Crippen LogP contribution in [-0.2, 0) is 16.0 Å². The van der Waals surface area contributed by atoms with E-state index in [1.165, 1.54) is 44.1 Å². The molecular formula is C19H33NO2S. The molecule has 0 aliphatic carbocycles. The van der Waals surface area contributed by atoms with Crippen molar-refractivity contribution >= 4 is 18.6 Å². The third-order valence-electron chi connectivity index (χ3n) is 4.07. The average molecular weight is 340 g/mol. The molecule has 0 atom stereocenters. The van der Waals surface area contributed by atoms with Crippen LogP contribution in [0.15, 0.2) is 18.5 Å². The topological polar surface area (TPSA) is 42.1 Å². The Labute approximate surface area is 147 Å². The number of aromatic amines is 1. The van der Waals surface area contributed by atoms with Gasteiger partial charge < -0.3 is 9.72 Å². The Balaban J connectivity index is 1.79. The van der Waals surface area contributed by atoms with Crippen molar-refractivity contribution in [2.45, 2.75) is 77.0 Å². The van der Waals surface area contributed by atoms with Gasteiger partial charge in [0.1, 0.15) is 0 Å². The lowest BCUT2D eigenvalue weighted by Gasteiger charge is -2.05. The third kappa shape index (κ3) is 12.2. The van der Waals surface area contributed by atoms with Crippen molar-refractivity contribution in [3.8, 4) is 0 Å². The molecule has 0 aliphatic heterocycles. The molecule has 0 bridgehead atoms. The summed E-state index contributed by atoms with van der Waals surface area (Å²) in [6.45, 7) is 0.564. The number of aryl methyl sites for hydroxylation is 1. The zero-order chi connectivity index (χ0) is 16.6. The Morgan fingerprint density at radius 1 is 0.957 bits per heavy atom. The lowest BCUT2D eigenvalue weighted by atomic mass is 10.1. The van der Waals surface area contributed by atoms with Gasteiger partial charge in [-0.05, 0) is 49.5 Å². The monoisotopic (exact) mass is 339 g/mol. The van der Waals surface area contributed by atoms with Crippen LogP contribution in [0.5, 0.6) is 0 Å². The molecule has 1 rings (SSSR count). The smallest absolute Gasteiger partial charge is 0.305 e. The minimum absolute atomic E-state index is 0.0274. The molecule has 1 aromatic heterocycles. The molecule has 0 aromatic carbocycles. The largest absolute Gasteiger partial charge is 0.466 e. The summed E-state index contributed by atoms with van der Waals surface area (Å²) in [6, 6.07) is 2.09. The minimum atomic E-state index is -0.0274. The SMILES string of the molecule is O=C(CCCCCCCCCCS)OCCCCc1cc[nH]c1. The van der Waals surface area contributed by atoms with Gasteiger partial charge in [-0.15, -0.1) is 0 Å². The molecule has 0 saturated carbocycles. The van der Waals surface area contributed by atoms with Crippen LogP contribution in [0.1, 0.15) is 76.2 Å². The van der Waals surface area contributed by atoms with Gasteiger partial charge >= 0.3 is 5.97 Å². The van der Waals surface area contributed by atoms with Crippen molar-refractivity contribution in [3.05, 3.63) is 24.0 Å². The standard InChI is InChI=1S/C19H33NO2S/c21-19(12-7-5-3-1-2-4-6-10-16-23)22-15-9-8-11-18-13-14-20-17-18/h13-14,17,20,23H,1-12,15-16H2. The molecule has 0 fully saturated rings. The fourth-order valence-corrected chi connectivity index (χ4v) is 2.87. The molecule has 0 radical (unpaired) electrons. The Morgan fingerprint density at radius 3 is 2.30 bits per heavy atom. The van der Waals surface area contributed by atoms with Gasteiger partial charge in [0, 0.05) is 18.8 Å². The zero-order valence-corrected chi connectivity index (χ0v) is 15.3. The van der Waals surface area contributed by atoms with E-state index in [-0.39, 0.29) is 5.97 Å². The van der Waals surface area contributed by atoms with Crippen LogP contribution in [0.4, 0.5) is 0 Å². The van der Waals surface area contributed by atoms with Crippen LogP contribution in [0, 0.1) is 0 Å². The van der Waals surface area contributed by atoms with Crippen molar-refractivity contribution < 1.29 is 9.53 Å². The number of hydrogen-bond donors (Lipinski definition) is 2. The predicted molar refractivity (Wildman–Crippen MR) is 100 cm³/mol. The van der Waals surface area contributed by atoms with Crippen LogP contribution in [0.3, 0.4) is 0 Å². The predicted octanol–water partition coefficient (Wildman–Crippen LogP) is 5.32. The number of unbranched alkanes of at least 4 members (excludes halogenated alkanes) is 8. The first-order chi connectivity index (χ1) is 11.3. The van der Waals surface area contributed by atoms with Crippen LogP contribution in [-0.4, -0.2) is 23.3 Å². The summed E-state index contributed by atoms with van der Waals surface area (Å²) in [5.74, 6) is 0.981. The Kier molecular flexibility index (Phi) is 12.9. The molecule has 1 heterocycles. The quantitative estimate of drug-likeness (QED) is 0.258. The molecule has 1 N–H and O–H groups in total. The maximum absolute atomic E-state index is 11.6. The van der Waals surface area contributed by atoms with Gasteiger partial charge in [0.25, 0.3) is 0 Å². The number of ether oxygens (including phenoxy) is 1. The molecule has 0 unspecified atom stereocenters. The first-order valence-electron chi connectivity index (χ1n) is 9.21. The van der Waals surface area contributed by atoms with Gasteiger partial charge in [-0.3, -0.25) is 4.79 Å². The van der Waals surface area contributed by atoms with Crippen LogP contribution in [0.25, 0.3) is 0 Å². The molecule has 0 saturated heterocycles. The van der Waals surface area contributed by atoms with E-state index in [1.54, 1.807) is 0 Å². The molecule has 0 aliphatic rings. The number of H-pyrrole nitrogens is 1. The van der Waals surface area contributed by atoms with Crippen molar-refractivity contribution in [1.82, 2.24) is 4.98 Å². The second kappa shape index (κ2) is 14.7. The Morgan fingerprint density at radius 2 is 1.65 bits per heavy atom. The number of nitrogens with one attached hydrogen (secondary N) is 1. The first kappa shape index (κ1) is 20.1. The number of rotatable bonds is 15. The summed E-state index contributed by atoms with van der Waals surface area (Å²) in [5, 5.41) is 0. The number of thiol groups is 1. The van der Waals surface area contributed by atoms with E-state index in [0.717, 1.165) is 37.9 Å². The summed E-state index contributed by atoms with van der Waals surface area (Å²) in [7, 11) is 0. The Bertz CT molecular complexity index is 379. The molecule has 0 amide bonds. The van der Waals surface area contributed by atoms with Gasteiger partial charge in [-0.25, -0.2) is 0 Å². The lowest BCUT2D eigenvalue weighted by molar-refractivity contribution is -0.143. The molecular weight excluding hydrogens is 306 g/mol. The van der Waals surface area contributed by atoms with Gasteiger partial charge in [0.15, 0.2) is 0 Å². The zero-order valence-electron chi connectivity index (χ0n) is 14.4. The summed E-state index contributed by atoms with van der Waals surface area (Å²) >= 11 is 4.22. The van der Waals surface area contributed by atoms with E-state index in [4.69, 9.17) is 4.74 Å². The lowest BCUT2D eigenvalue weighted by Crippen LogP contribution is -2.05. The van der Waals surface area contributed by atoms with Crippen LogP contribution in [0.2, 0.25) is 0 Å². The fourth-order valence-electron chi connectivity index (χ4n) is 2.65. The second-order valence-electron chi connectivity index (χ2n) is 6.20. The highest BCUT2D eigenvalue weighted by Crippen LogP contribution is 2.10. The van der Waals surface area contributed by atoms with Gasteiger partial charge in [-0.2, -0.15) is 12.6 Å².